The lowest BCUT2D eigenvalue weighted by Gasteiger charge is -2.32. The van der Waals surface area contributed by atoms with Gasteiger partial charge in [0.15, 0.2) is 0 Å². The van der Waals surface area contributed by atoms with Gasteiger partial charge in [0.05, 0.1) is 18.2 Å². The third kappa shape index (κ3) is 6.50. The Labute approximate surface area is 199 Å². The van der Waals surface area contributed by atoms with Gasteiger partial charge in [-0.1, -0.05) is 38.1 Å². The minimum atomic E-state index is -4.34. The van der Waals surface area contributed by atoms with Gasteiger partial charge in [0, 0.05) is 37.6 Å². The first-order valence-electron chi connectivity index (χ1n) is 11.3. The highest BCUT2D eigenvalue weighted by Gasteiger charge is 2.30. The summed E-state index contributed by atoms with van der Waals surface area (Å²) in [5, 5.41) is 0. The van der Waals surface area contributed by atoms with E-state index in [-0.39, 0.29) is 12.0 Å². The Morgan fingerprint density at radius 1 is 0.971 bits per heavy atom. The van der Waals surface area contributed by atoms with E-state index in [0.29, 0.717) is 31.1 Å². The molecule has 0 aliphatic rings. The van der Waals surface area contributed by atoms with Crippen molar-refractivity contribution in [2.24, 2.45) is 5.92 Å². The minimum Gasteiger partial charge on any atom is -0.465 e. The molecule has 4 nitrogen and oxygen atoms in total. The molecule has 2 aromatic carbocycles. The summed E-state index contributed by atoms with van der Waals surface area (Å²) in [6.45, 7) is 8.32. The molecule has 0 unspecified atom stereocenters. The number of halogens is 3. The molecule has 3 rings (SSSR count). The molecule has 0 N–H and O–H groups in total. The van der Waals surface area contributed by atoms with Gasteiger partial charge in [-0.25, -0.2) is 4.79 Å². The van der Waals surface area contributed by atoms with E-state index in [1.807, 2.05) is 36.5 Å². The first kappa shape index (κ1) is 25.6. The molecule has 0 fully saturated rings. The lowest BCUT2D eigenvalue weighted by molar-refractivity contribution is -0.137. The molecule has 1 atom stereocenters. The van der Waals surface area contributed by atoms with Crippen LogP contribution in [0.25, 0.3) is 0 Å². The number of methoxy groups -OCH3 is 1. The molecule has 0 saturated carbocycles. The van der Waals surface area contributed by atoms with Crippen LogP contribution in [-0.4, -0.2) is 28.6 Å². The molecule has 0 aliphatic carbocycles. The Kier molecular flexibility index (Phi) is 8.20. The van der Waals surface area contributed by atoms with Crippen molar-refractivity contribution < 1.29 is 22.7 Å². The van der Waals surface area contributed by atoms with E-state index in [2.05, 4.69) is 30.2 Å². The lowest BCUT2D eigenvalue weighted by atomic mass is 10.0. The molecule has 7 heteroatoms. The number of benzene rings is 2. The van der Waals surface area contributed by atoms with Crippen LogP contribution in [-0.2, 0) is 30.5 Å². The predicted octanol–water partition coefficient (Wildman–Crippen LogP) is 6.39. The minimum absolute atomic E-state index is 0.260. The van der Waals surface area contributed by atoms with Crippen molar-refractivity contribution in [1.29, 1.82) is 0 Å². The molecule has 182 valence electrons. The third-order valence-corrected chi connectivity index (χ3v) is 6.20. The van der Waals surface area contributed by atoms with E-state index < -0.39 is 11.7 Å². The Bertz CT molecular complexity index is 1090. The molecular weight excluding hydrogens is 441 g/mol. The molecule has 1 aromatic heterocycles. The van der Waals surface area contributed by atoms with Crippen molar-refractivity contribution >= 4 is 5.97 Å². The van der Waals surface area contributed by atoms with Gasteiger partial charge in [-0.3, -0.25) is 4.90 Å². The van der Waals surface area contributed by atoms with Crippen molar-refractivity contribution in [1.82, 2.24) is 9.47 Å². The molecule has 0 saturated heterocycles. The second-order valence-electron chi connectivity index (χ2n) is 8.90. The van der Waals surface area contributed by atoms with Crippen LogP contribution >= 0.6 is 0 Å². The number of ether oxygens (including phenoxy) is 1. The standard InChI is InChI=1S/C27H31F3N2O2/c1-19(2)20(3)32(17-22-7-5-8-23(15-22)26(33)34-4)18-25-9-6-14-31(25)16-21-10-12-24(13-11-21)27(28,29)30/h5-15,19-20H,16-18H2,1-4H3/t20-/m0/s1. The monoisotopic (exact) mass is 472 g/mol. The number of nitrogens with zero attached hydrogens (tertiary/aromatic N) is 2. The van der Waals surface area contributed by atoms with Crippen molar-refractivity contribution in [2.75, 3.05) is 7.11 Å². The van der Waals surface area contributed by atoms with Crippen molar-refractivity contribution in [3.8, 4) is 0 Å². The Morgan fingerprint density at radius 2 is 1.68 bits per heavy atom. The number of esters is 1. The Balaban J connectivity index is 1.79. The molecule has 0 amide bonds. The smallest absolute Gasteiger partial charge is 0.416 e. The summed E-state index contributed by atoms with van der Waals surface area (Å²) in [6.07, 6.45) is -2.39. The molecule has 0 radical (unpaired) electrons. The van der Waals surface area contributed by atoms with E-state index in [1.54, 1.807) is 6.07 Å². The van der Waals surface area contributed by atoms with Crippen LogP contribution in [0.4, 0.5) is 13.2 Å². The van der Waals surface area contributed by atoms with E-state index in [4.69, 9.17) is 4.74 Å². The summed E-state index contributed by atoms with van der Waals surface area (Å²) in [4.78, 5) is 14.3. The maximum absolute atomic E-state index is 12.9. The Hall–Kier alpha value is -3.06. The summed E-state index contributed by atoms with van der Waals surface area (Å²) in [5.74, 6) is 0.0397. The van der Waals surface area contributed by atoms with Crippen LogP contribution in [0.1, 0.15) is 53.5 Å². The summed E-state index contributed by atoms with van der Waals surface area (Å²) in [5.41, 5.74) is 2.75. The van der Waals surface area contributed by atoms with E-state index >= 15 is 0 Å². The number of carbonyl (C=O) groups excluding carboxylic acids is 1. The highest BCUT2D eigenvalue weighted by atomic mass is 19.4. The highest BCUT2D eigenvalue weighted by molar-refractivity contribution is 5.89. The summed E-state index contributed by atoms with van der Waals surface area (Å²) >= 11 is 0. The summed E-state index contributed by atoms with van der Waals surface area (Å²) in [6, 6.07) is 17.0. The van der Waals surface area contributed by atoms with Crippen molar-refractivity contribution in [2.45, 2.75) is 52.6 Å². The molecule has 0 bridgehead atoms. The van der Waals surface area contributed by atoms with Crippen LogP contribution in [0.5, 0.6) is 0 Å². The van der Waals surface area contributed by atoms with Crippen molar-refractivity contribution in [3.05, 3.63) is 94.8 Å². The van der Waals surface area contributed by atoms with Gasteiger partial charge >= 0.3 is 12.1 Å². The number of aromatic nitrogens is 1. The zero-order chi connectivity index (χ0) is 24.9. The van der Waals surface area contributed by atoms with E-state index in [9.17, 15) is 18.0 Å². The average molecular weight is 473 g/mol. The number of hydrogen-bond acceptors (Lipinski definition) is 3. The zero-order valence-electron chi connectivity index (χ0n) is 20.0. The first-order chi connectivity index (χ1) is 16.1. The second kappa shape index (κ2) is 10.9. The van der Waals surface area contributed by atoms with Gasteiger partial charge in [0.25, 0.3) is 0 Å². The van der Waals surface area contributed by atoms with Crippen LogP contribution in [0.3, 0.4) is 0 Å². The van der Waals surface area contributed by atoms with Crippen LogP contribution in [0, 0.1) is 5.92 Å². The number of rotatable bonds is 9. The predicted molar refractivity (Wildman–Crippen MR) is 126 cm³/mol. The molecule has 0 aliphatic heterocycles. The summed E-state index contributed by atoms with van der Waals surface area (Å²) in [7, 11) is 1.37. The lowest BCUT2D eigenvalue weighted by Crippen LogP contribution is -2.36. The zero-order valence-corrected chi connectivity index (χ0v) is 20.0. The second-order valence-corrected chi connectivity index (χ2v) is 8.90. The fourth-order valence-electron chi connectivity index (χ4n) is 3.87. The maximum atomic E-state index is 12.9. The first-order valence-corrected chi connectivity index (χ1v) is 11.3. The number of carbonyl (C=O) groups is 1. The Morgan fingerprint density at radius 3 is 2.29 bits per heavy atom. The fourth-order valence-corrected chi connectivity index (χ4v) is 3.87. The van der Waals surface area contributed by atoms with Gasteiger partial charge in [0.1, 0.15) is 0 Å². The molecular formula is C27H31F3N2O2. The fraction of sp³-hybridized carbons (Fsp3) is 0.370. The molecule has 3 aromatic rings. The van der Waals surface area contributed by atoms with E-state index in [1.165, 1.54) is 19.2 Å². The van der Waals surface area contributed by atoms with Crippen LogP contribution in [0.2, 0.25) is 0 Å². The molecule has 0 spiro atoms. The van der Waals surface area contributed by atoms with Crippen LogP contribution in [0.15, 0.2) is 66.9 Å². The number of hydrogen-bond donors (Lipinski definition) is 0. The highest BCUT2D eigenvalue weighted by Crippen LogP contribution is 2.29. The molecule has 1 heterocycles. The average Bonchev–Trinajstić information content (AvgIpc) is 3.23. The SMILES string of the molecule is COC(=O)c1cccc(CN(Cc2cccn2Cc2ccc(C(F)(F)F)cc2)[C@@H](C)C(C)C)c1. The normalized spacial score (nSPS) is 12.9. The largest absolute Gasteiger partial charge is 0.465 e. The van der Waals surface area contributed by atoms with Gasteiger partial charge in [-0.2, -0.15) is 13.2 Å². The number of alkyl halides is 3. The quantitative estimate of drug-likeness (QED) is 0.339. The maximum Gasteiger partial charge on any atom is 0.416 e. The van der Waals surface area contributed by atoms with Gasteiger partial charge in [-0.05, 0) is 60.4 Å². The third-order valence-electron chi connectivity index (χ3n) is 6.20. The summed E-state index contributed by atoms with van der Waals surface area (Å²) < 4.78 is 45.5. The topological polar surface area (TPSA) is 34.5 Å². The van der Waals surface area contributed by atoms with Crippen LogP contribution < -0.4 is 0 Å². The van der Waals surface area contributed by atoms with Gasteiger partial charge in [-0.15, -0.1) is 0 Å². The van der Waals surface area contributed by atoms with Gasteiger partial charge in [0.2, 0.25) is 0 Å². The van der Waals surface area contributed by atoms with E-state index in [0.717, 1.165) is 29.0 Å². The van der Waals surface area contributed by atoms with Crippen molar-refractivity contribution in [3.63, 3.8) is 0 Å². The molecule has 34 heavy (non-hydrogen) atoms. The van der Waals surface area contributed by atoms with Gasteiger partial charge < -0.3 is 9.30 Å².